The molecule has 0 bridgehead atoms. The standard InChI is InChI=1S/C19H37N3O/c1-3-11-22(12-4-2)19(23)17-20-13-9-10-18(16-20)21-14-7-5-6-8-15-21/h18H,3-17H2,1-2H3. The molecule has 4 nitrogen and oxygen atoms in total. The van der Waals surface area contributed by atoms with Gasteiger partial charge in [-0.15, -0.1) is 0 Å². The minimum atomic E-state index is 0.338. The zero-order valence-corrected chi connectivity index (χ0v) is 15.4. The molecule has 1 amide bonds. The van der Waals surface area contributed by atoms with Gasteiger partial charge in [0.1, 0.15) is 0 Å². The minimum Gasteiger partial charge on any atom is -0.342 e. The second-order valence-corrected chi connectivity index (χ2v) is 7.36. The van der Waals surface area contributed by atoms with Gasteiger partial charge >= 0.3 is 0 Å². The van der Waals surface area contributed by atoms with E-state index in [1.54, 1.807) is 0 Å². The fourth-order valence-electron chi connectivity index (χ4n) is 4.13. The molecule has 2 heterocycles. The van der Waals surface area contributed by atoms with Gasteiger partial charge in [-0.05, 0) is 58.2 Å². The average molecular weight is 324 g/mol. The van der Waals surface area contributed by atoms with Crippen molar-refractivity contribution in [3.8, 4) is 0 Å². The summed E-state index contributed by atoms with van der Waals surface area (Å²) in [5.74, 6) is 0.338. The first kappa shape index (κ1) is 18.7. The number of amides is 1. The largest absolute Gasteiger partial charge is 0.342 e. The maximum Gasteiger partial charge on any atom is 0.236 e. The van der Waals surface area contributed by atoms with Crippen molar-refractivity contribution in [1.82, 2.24) is 14.7 Å². The maximum atomic E-state index is 12.6. The summed E-state index contributed by atoms with van der Waals surface area (Å²) in [6, 6.07) is 0.681. The molecule has 2 saturated heterocycles. The second-order valence-electron chi connectivity index (χ2n) is 7.36. The van der Waals surface area contributed by atoms with E-state index in [4.69, 9.17) is 0 Å². The Kier molecular flexibility index (Phi) is 8.38. The highest BCUT2D eigenvalue weighted by Gasteiger charge is 2.27. The molecule has 0 saturated carbocycles. The van der Waals surface area contributed by atoms with Crippen LogP contribution in [0.4, 0.5) is 0 Å². The summed E-state index contributed by atoms with van der Waals surface area (Å²) in [5.41, 5.74) is 0. The van der Waals surface area contributed by atoms with Crippen LogP contribution in [0.1, 0.15) is 65.2 Å². The Morgan fingerprint density at radius 2 is 1.61 bits per heavy atom. The van der Waals surface area contributed by atoms with E-state index in [-0.39, 0.29) is 0 Å². The van der Waals surface area contributed by atoms with Crippen LogP contribution in [0.2, 0.25) is 0 Å². The van der Waals surface area contributed by atoms with Crippen LogP contribution in [-0.4, -0.2) is 72.5 Å². The first-order valence-electron chi connectivity index (χ1n) is 9.98. The second kappa shape index (κ2) is 10.3. The molecule has 23 heavy (non-hydrogen) atoms. The zero-order chi connectivity index (χ0) is 16.5. The highest BCUT2D eigenvalue weighted by atomic mass is 16.2. The third-order valence-electron chi connectivity index (χ3n) is 5.34. The van der Waals surface area contributed by atoms with Crippen molar-refractivity contribution < 1.29 is 4.79 Å². The van der Waals surface area contributed by atoms with E-state index in [9.17, 15) is 4.79 Å². The Labute approximate surface area is 143 Å². The van der Waals surface area contributed by atoms with Gasteiger partial charge < -0.3 is 4.90 Å². The topological polar surface area (TPSA) is 26.8 Å². The van der Waals surface area contributed by atoms with Crippen molar-refractivity contribution in [3.63, 3.8) is 0 Å². The highest BCUT2D eigenvalue weighted by molar-refractivity contribution is 5.78. The highest BCUT2D eigenvalue weighted by Crippen LogP contribution is 2.20. The first-order chi connectivity index (χ1) is 11.2. The molecular weight excluding hydrogens is 286 g/mol. The predicted octanol–water partition coefficient (Wildman–Crippen LogP) is 2.98. The van der Waals surface area contributed by atoms with Crippen molar-refractivity contribution in [2.45, 2.75) is 71.3 Å². The van der Waals surface area contributed by atoms with Gasteiger partial charge in [0.2, 0.25) is 5.91 Å². The SMILES string of the molecule is CCCN(CCC)C(=O)CN1CCCC(N2CCCCCC2)C1. The third-order valence-corrected chi connectivity index (χ3v) is 5.34. The van der Waals surface area contributed by atoms with Crippen molar-refractivity contribution in [3.05, 3.63) is 0 Å². The van der Waals surface area contributed by atoms with Crippen molar-refractivity contribution in [2.24, 2.45) is 0 Å². The third kappa shape index (κ3) is 6.07. The molecular formula is C19H37N3O. The number of hydrogen-bond acceptors (Lipinski definition) is 3. The monoisotopic (exact) mass is 323 g/mol. The Hall–Kier alpha value is -0.610. The van der Waals surface area contributed by atoms with E-state index in [1.807, 2.05) is 0 Å². The summed E-state index contributed by atoms with van der Waals surface area (Å²) in [4.78, 5) is 19.8. The van der Waals surface area contributed by atoms with E-state index >= 15 is 0 Å². The molecule has 0 spiro atoms. The van der Waals surface area contributed by atoms with Crippen LogP contribution in [0.3, 0.4) is 0 Å². The number of carbonyl (C=O) groups excluding carboxylic acids is 1. The fourth-order valence-corrected chi connectivity index (χ4v) is 4.13. The van der Waals surface area contributed by atoms with E-state index < -0.39 is 0 Å². The molecule has 2 aliphatic rings. The number of likely N-dealkylation sites (tertiary alicyclic amines) is 2. The van der Waals surface area contributed by atoms with Gasteiger partial charge in [0.15, 0.2) is 0 Å². The van der Waals surface area contributed by atoms with Gasteiger partial charge in [-0.1, -0.05) is 26.7 Å². The molecule has 0 aromatic heterocycles. The normalized spacial score (nSPS) is 24.3. The molecule has 1 atom stereocenters. The number of nitrogens with zero attached hydrogens (tertiary/aromatic N) is 3. The lowest BCUT2D eigenvalue weighted by Gasteiger charge is -2.39. The van der Waals surface area contributed by atoms with E-state index in [2.05, 4.69) is 28.5 Å². The van der Waals surface area contributed by atoms with Crippen LogP contribution in [0, 0.1) is 0 Å². The number of piperidine rings is 1. The van der Waals surface area contributed by atoms with Gasteiger partial charge in [-0.3, -0.25) is 14.6 Å². The zero-order valence-electron chi connectivity index (χ0n) is 15.4. The molecule has 0 aromatic carbocycles. The van der Waals surface area contributed by atoms with E-state index in [0.717, 1.165) is 39.0 Å². The Morgan fingerprint density at radius 3 is 2.22 bits per heavy atom. The predicted molar refractivity (Wildman–Crippen MR) is 96.7 cm³/mol. The Balaban J connectivity index is 1.83. The molecule has 1 unspecified atom stereocenters. The molecule has 4 heteroatoms. The lowest BCUT2D eigenvalue weighted by Crippen LogP contribution is -2.51. The lowest BCUT2D eigenvalue weighted by molar-refractivity contribution is -0.133. The average Bonchev–Trinajstić information content (AvgIpc) is 2.84. The van der Waals surface area contributed by atoms with Gasteiger partial charge in [0.05, 0.1) is 6.54 Å². The molecule has 0 radical (unpaired) electrons. The molecule has 2 fully saturated rings. The van der Waals surface area contributed by atoms with E-state index in [0.29, 0.717) is 18.5 Å². The van der Waals surface area contributed by atoms with Crippen LogP contribution in [0.15, 0.2) is 0 Å². The number of hydrogen-bond donors (Lipinski definition) is 0. The van der Waals surface area contributed by atoms with Crippen LogP contribution in [0.5, 0.6) is 0 Å². The van der Waals surface area contributed by atoms with Gasteiger partial charge in [0.25, 0.3) is 0 Å². The first-order valence-corrected chi connectivity index (χ1v) is 9.98. The summed E-state index contributed by atoms with van der Waals surface area (Å²) >= 11 is 0. The number of carbonyl (C=O) groups is 1. The molecule has 0 aliphatic carbocycles. The summed E-state index contributed by atoms with van der Waals surface area (Å²) in [6.07, 6.45) is 10.2. The Bertz CT molecular complexity index is 334. The van der Waals surface area contributed by atoms with Crippen LogP contribution >= 0.6 is 0 Å². The van der Waals surface area contributed by atoms with Crippen LogP contribution < -0.4 is 0 Å². The smallest absolute Gasteiger partial charge is 0.236 e. The molecule has 0 N–H and O–H groups in total. The fraction of sp³-hybridized carbons (Fsp3) is 0.947. The van der Waals surface area contributed by atoms with Gasteiger partial charge in [0, 0.05) is 25.7 Å². The summed E-state index contributed by atoms with van der Waals surface area (Å²) in [5, 5.41) is 0. The number of rotatable bonds is 7. The van der Waals surface area contributed by atoms with Gasteiger partial charge in [-0.2, -0.15) is 0 Å². The Morgan fingerprint density at radius 1 is 0.957 bits per heavy atom. The van der Waals surface area contributed by atoms with Crippen molar-refractivity contribution >= 4 is 5.91 Å². The molecule has 0 aromatic rings. The van der Waals surface area contributed by atoms with Crippen molar-refractivity contribution in [2.75, 3.05) is 45.8 Å². The van der Waals surface area contributed by atoms with Gasteiger partial charge in [-0.25, -0.2) is 0 Å². The molecule has 134 valence electrons. The summed E-state index contributed by atoms with van der Waals surface area (Å²) in [7, 11) is 0. The molecule has 2 rings (SSSR count). The lowest BCUT2D eigenvalue weighted by atomic mass is 10.0. The minimum absolute atomic E-state index is 0.338. The quantitative estimate of drug-likeness (QED) is 0.721. The molecule has 2 aliphatic heterocycles. The van der Waals surface area contributed by atoms with Crippen LogP contribution in [-0.2, 0) is 4.79 Å². The van der Waals surface area contributed by atoms with Crippen LogP contribution in [0.25, 0.3) is 0 Å². The summed E-state index contributed by atoms with van der Waals surface area (Å²) < 4.78 is 0. The van der Waals surface area contributed by atoms with E-state index in [1.165, 1.54) is 51.6 Å². The maximum absolute atomic E-state index is 12.6. The van der Waals surface area contributed by atoms with Crippen molar-refractivity contribution in [1.29, 1.82) is 0 Å². The summed E-state index contributed by atoms with van der Waals surface area (Å²) in [6.45, 7) is 11.5.